The van der Waals surface area contributed by atoms with Crippen LogP contribution in [0.15, 0.2) is 72.8 Å². The summed E-state index contributed by atoms with van der Waals surface area (Å²) in [6.45, 7) is 10.4. The molecule has 3 nitrogen and oxygen atoms in total. The van der Waals surface area contributed by atoms with Gasteiger partial charge < -0.3 is 14.2 Å². The van der Waals surface area contributed by atoms with Gasteiger partial charge in [0, 0.05) is 56.9 Å². The van der Waals surface area contributed by atoms with E-state index in [1.54, 1.807) is 0 Å². The molecule has 0 saturated carbocycles. The molecule has 0 aromatic heterocycles. The zero-order valence-corrected chi connectivity index (χ0v) is 23.9. The van der Waals surface area contributed by atoms with Crippen molar-refractivity contribution in [3.8, 4) is 0 Å². The van der Waals surface area contributed by atoms with E-state index < -0.39 is 15.4 Å². The number of rotatable bonds is 7. The van der Waals surface area contributed by atoms with Crippen LogP contribution in [0.25, 0.3) is 21.5 Å². The number of benzene rings is 4. The maximum absolute atomic E-state index is 7.22. The van der Waals surface area contributed by atoms with Gasteiger partial charge in [-0.15, -0.1) is 0 Å². The molecule has 0 amide bonds. The van der Waals surface area contributed by atoms with Gasteiger partial charge in [0.25, 0.3) is 0 Å². The molecule has 4 aromatic rings. The first-order valence-electron chi connectivity index (χ1n) is 12.2. The van der Waals surface area contributed by atoms with Gasteiger partial charge in [0.1, 0.15) is 0 Å². The molecule has 0 aliphatic rings. The van der Waals surface area contributed by atoms with Crippen molar-refractivity contribution in [3.63, 3.8) is 0 Å². The Kier molecular flexibility index (Phi) is 6.64. The molecule has 0 atom stereocenters. The van der Waals surface area contributed by atoms with E-state index in [9.17, 15) is 0 Å². The topological polar surface area (TPSA) is 15.7 Å². The Morgan fingerprint density at radius 3 is 1.32 bits per heavy atom. The van der Waals surface area contributed by atoms with Crippen LogP contribution >= 0.6 is 0 Å². The van der Waals surface area contributed by atoms with Crippen molar-refractivity contribution in [1.82, 2.24) is 0 Å². The third kappa shape index (κ3) is 3.86. The quantitative estimate of drug-likeness (QED) is 0.315. The lowest BCUT2D eigenvalue weighted by atomic mass is 10.1. The molecule has 0 aliphatic carbocycles. The fourth-order valence-corrected chi connectivity index (χ4v) is 18.3. The van der Waals surface area contributed by atoms with Gasteiger partial charge in [-0.3, -0.25) is 0 Å². The molecule has 4 aromatic carbocycles. The molecule has 0 saturated heterocycles. The Balaban J connectivity index is 2.26. The molecule has 0 N–H and O–H groups in total. The summed E-state index contributed by atoms with van der Waals surface area (Å²) in [4.78, 5) is 4.49. The summed E-state index contributed by atoms with van der Waals surface area (Å²) in [7, 11) is 4.02. The standard InChI is InChI=1S/C29H38N2OSi2/c1-9-32-34(33(6,7)8,26-20-12-16-22-14-10-18-24(28(22)26)30(2)3)27-21-13-17-23-15-11-19-25(29(23)27)31(4)5/h10-21H,9H2,1-8H3. The van der Waals surface area contributed by atoms with Crippen LogP contribution in [0.2, 0.25) is 19.6 Å². The molecule has 5 heteroatoms. The second kappa shape index (κ2) is 9.21. The zero-order chi connectivity index (χ0) is 24.7. The van der Waals surface area contributed by atoms with Crippen LogP contribution in [0.3, 0.4) is 0 Å². The minimum absolute atomic E-state index is 0.706. The second-order valence-electron chi connectivity index (χ2n) is 10.5. The average molecular weight is 487 g/mol. The minimum Gasteiger partial charge on any atom is -0.411 e. The number of hydrogen-bond acceptors (Lipinski definition) is 3. The van der Waals surface area contributed by atoms with Gasteiger partial charge in [-0.1, -0.05) is 80.3 Å². The van der Waals surface area contributed by atoms with Crippen molar-refractivity contribution in [2.24, 2.45) is 0 Å². The highest BCUT2D eigenvalue weighted by molar-refractivity contribution is 7.49. The molecular weight excluding hydrogens is 449 g/mol. The predicted molar refractivity (Wildman–Crippen MR) is 157 cm³/mol. The summed E-state index contributed by atoms with van der Waals surface area (Å²) in [6, 6.07) is 27.0. The molecule has 0 unspecified atom stereocenters. The van der Waals surface area contributed by atoms with Crippen molar-refractivity contribution < 1.29 is 4.43 Å². The fraction of sp³-hybridized carbons (Fsp3) is 0.310. The molecular formula is C29H38N2OSi2. The third-order valence-electron chi connectivity index (χ3n) is 6.90. The summed E-state index contributed by atoms with van der Waals surface area (Å²) in [5, 5.41) is 8.08. The van der Waals surface area contributed by atoms with Gasteiger partial charge in [-0.25, -0.2) is 0 Å². The Labute approximate surface area is 206 Å². The van der Waals surface area contributed by atoms with Crippen LogP contribution in [-0.2, 0) is 4.43 Å². The van der Waals surface area contributed by atoms with Gasteiger partial charge in [-0.2, -0.15) is 0 Å². The molecule has 34 heavy (non-hydrogen) atoms. The average Bonchev–Trinajstić information content (AvgIpc) is 2.80. The largest absolute Gasteiger partial charge is 0.411 e. The van der Waals surface area contributed by atoms with Crippen molar-refractivity contribution in [3.05, 3.63) is 72.8 Å². The molecule has 178 valence electrons. The first-order valence-corrected chi connectivity index (χ1v) is 18.6. The first kappa shape index (κ1) is 24.5. The van der Waals surface area contributed by atoms with Crippen LogP contribution in [0.1, 0.15) is 6.92 Å². The number of fused-ring (bicyclic) bond motifs is 2. The van der Waals surface area contributed by atoms with Crippen molar-refractivity contribution in [1.29, 1.82) is 0 Å². The Morgan fingerprint density at radius 1 is 0.618 bits per heavy atom. The molecule has 0 radical (unpaired) electrons. The van der Waals surface area contributed by atoms with Crippen LogP contribution in [0.5, 0.6) is 0 Å². The summed E-state index contributed by atoms with van der Waals surface area (Å²) >= 11 is 0. The fourth-order valence-electron chi connectivity index (χ4n) is 5.52. The van der Waals surface area contributed by atoms with E-state index in [0.29, 0.717) is 6.61 Å². The molecule has 0 heterocycles. The normalized spacial score (nSPS) is 12.4. The summed E-state index contributed by atoms with van der Waals surface area (Å²) in [6.07, 6.45) is 0. The van der Waals surface area contributed by atoms with Gasteiger partial charge in [0.2, 0.25) is 7.83 Å². The predicted octanol–water partition coefficient (Wildman–Crippen LogP) is 5.64. The maximum atomic E-state index is 7.22. The van der Waals surface area contributed by atoms with E-state index >= 15 is 0 Å². The molecule has 4 rings (SSSR count). The minimum atomic E-state index is -2.65. The summed E-state index contributed by atoms with van der Waals surface area (Å²) < 4.78 is 7.22. The lowest BCUT2D eigenvalue weighted by Crippen LogP contribution is -2.75. The molecule has 0 aliphatic heterocycles. The monoisotopic (exact) mass is 486 g/mol. The highest BCUT2D eigenvalue weighted by Gasteiger charge is 2.53. The zero-order valence-electron chi connectivity index (χ0n) is 21.9. The van der Waals surface area contributed by atoms with E-state index in [1.165, 1.54) is 43.3 Å². The highest BCUT2D eigenvalue weighted by Crippen LogP contribution is 2.33. The highest BCUT2D eigenvalue weighted by atomic mass is 29.3. The van der Waals surface area contributed by atoms with Gasteiger partial charge >= 0.3 is 0 Å². The maximum Gasteiger partial charge on any atom is 0.241 e. The van der Waals surface area contributed by atoms with Gasteiger partial charge in [0.15, 0.2) is 0 Å². The summed E-state index contributed by atoms with van der Waals surface area (Å²) in [5.41, 5.74) is 2.52. The lowest BCUT2D eigenvalue weighted by Gasteiger charge is -2.43. The summed E-state index contributed by atoms with van der Waals surface area (Å²) in [5.74, 6) is 0. The smallest absolute Gasteiger partial charge is 0.241 e. The van der Waals surface area contributed by atoms with Crippen molar-refractivity contribution in [2.45, 2.75) is 26.6 Å². The van der Waals surface area contributed by atoms with Gasteiger partial charge in [0.05, 0.1) is 7.59 Å². The van der Waals surface area contributed by atoms with E-state index in [1.807, 2.05) is 0 Å². The van der Waals surface area contributed by atoms with Crippen LogP contribution < -0.4 is 20.2 Å². The van der Waals surface area contributed by atoms with E-state index in [2.05, 4.69) is 137 Å². The van der Waals surface area contributed by atoms with Crippen LogP contribution in [0, 0.1) is 0 Å². The number of nitrogens with zero attached hydrogens (tertiary/aromatic N) is 2. The van der Waals surface area contributed by atoms with Gasteiger partial charge in [-0.05, 0) is 40.2 Å². The van der Waals surface area contributed by atoms with E-state index in [4.69, 9.17) is 4.43 Å². The third-order valence-corrected chi connectivity index (χ3v) is 20.5. The molecule has 0 fully saturated rings. The lowest BCUT2D eigenvalue weighted by molar-refractivity contribution is 0.350. The van der Waals surface area contributed by atoms with E-state index in [-0.39, 0.29) is 0 Å². The molecule has 0 spiro atoms. The van der Waals surface area contributed by atoms with Crippen LogP contribution in [-0.4, -0.2) is 50.2 Å². The molecule has 0 bridgehead atoms. The van der Waals surface area contributed by atoms with Crippen LogP contribution in [0.4, 0.5) is 11.4 Å². The van der Waals surface area contributed by atoms with E-state index in [0.717, 1.165) is 0 Å². The SMILES string of the molecule is CCO[Si](c1cccc2cccc(N(C)C)c12)(c1cccc2cccc(N(C)C)c12)[Si](C)(C)C. The van der Waals surface area contributed by atoms with Crippen molar-refractivity contribution in [2.75, 3.05) is 44.6 Å². The number of anilines is 2. The Bertz CT molecular complexity index is 1220. The Hall–Kier alpha value is -2.61. The number of hydrogen-bond donors (Lipinski definition) is 0. The Morgan fingerprint density at radius 2 is 1.00 bits per heavy atom. The second-order valence-corrected chi connectivity index (χ2v) is 24.4. The van der Waals surface area contributed by atoms with Crippen molar-refractivity contribution >= 4 is 58.7 Å². The first-order chi connectivity index (χ1) is 16.1.